The topological polar surface area (TPSA) is 43.3 Å². The van der Waals surface area contributed by atoms with Gasteiger partial charge in [-0.05, 0) is 53.3 Å². The monoisotopic (exact) mass is 484 g/mol. The number of nitrogens with zero attached hydrogens (tertiary/aromatic N) is 2. The predicted octanol–water partition coefficient (Wildman–Crippen LogP) is 6.81. The molecule has 33 heavy (non-hydrogen) atoms. The zero-order valence-corrected chi connectivity index (χ0v) is 20.9. The molecular formula is C26H29ClN2O3S. The third kappa shape index (κ3) is 7.07. The average molecular weight is 485 g/mol. The zero-order chi connectivity index (χ0) is 23.6. The second-order valence-electron chi connectivity index (χ2n) is 7.20. The van der Waals surface area contributed by atoms with Gasteiger partial charge in [-0.25, -0.2) is 4.99 Å². The first-order valence-corrected chi connectivity index (χ1v) is 12.0. The molecule has 0 unspecified atom stereocenters. The SMILES string of the molecule is CCSC(=Nc1cc(OC)ccc1Cl)N(Cc1ccc(OC)cc1)Cc1ccc(OC)cc1. The molecule has 3 rings (SSSR count). The Morgan fingerprint density at radius 3 is 1.73 bits per heavy atom. The number of aliphatic imine (C=N–C) groups is 1. The molecule has 0 saturated carbocycles. The smallest absolute Gasteiger partial charge is 0.165 e. The summed E-state index contributed by atoms with van der Waals surface area (Å²) in [6.07, 6.45) is 0. The van der Waals surface area contributed by atoms with Crippen molar-refractivity contribution in [3.63, 3.8) is 0 Å². The number of ether oxygens (including phenoxy) is 3. The van der Waals surface area contributed by atoms with Crippen LogP contribution in [-0.2, 0) is 13.1 Å². The summed E-state index contributed by atoms with van der Waals surface area (Å²) in [4.78, 5) is 7.22. The van der Waals surface area contributed by atoms with Gasteiger partial charge in [-0.1, -0.05) is 54.6 Å². The van der Waals surface area contributed by atoms with Gasteiger partial charge in [0.25, 0.3) is 0 Å². The molecule has 7 heteroatoms. The van der Waals surface area contributed by atoms with Crippen molar-refractivity contribution in [2.75, 3.05) is 27.1 Å². The van der Waals surface area contributed by atoms with Crippen LogP contribution in [-0.4, -0.2) is 37.1 Å². The Labute approximate surface area is 205 Å². The zero-order valence-electron chi connectivity index (χ0n) is 19.4. The summed E-state index contributed by atoms with van der Waals surface area (Å²) in [5.41, 5.74) is 3.00. The summed E-state index contributed by atoms with van der Waals surface area (Å²) in [6, 6.07) is 21.7. The van der Waals surface area contributed by atoms with Gasteiger partial charge in [0.05, 0.1) is 32.0 Å². The van der Waals surface area contributed by atoms with Gasteiger partial charge >= 0.3 is 0 Å². The van der Waals surface area contributed by atoms with Gasteiger partial charge in [0.1, 0.15) is 17.2 Å². The quantitative estimate of drug-likeness (QED) is 0.246. The summed E-state index contributed by atoms with van der Waals surface area (Å²) in [5.74, 6) is 3.26. The van der Waals surface area contributed by atoms with Gasteiger partial charge in [-0.3, -0.25) is 0 Å². The lowest BCUT2D eigenvalue weighted by molar-refractivity contribution is 0.405. The van der Waals surface area contributed by atoms with Crippen LogP contribution in [0.4, 0.5) is 5.69 Å². The molecule has 0 atom stereocenters. The Balaban J connectivity index is 1.98. The molecule has 0 fully saturated rings. The molecule has 0 aromatic heterocycles. The highest BCUT2D eigenvalue weighted by Gasteiger charge is 2.15. The number of hydrogen-bond acceptors (Lipinski definition) is 5. The molecular weight excluding hydrogens is 456 g/mol. The fraction of sp³-hybridized carbons (Fsp3) is 0.269. The van der Waals surface area contributed by atoms with Crippen molar-refractivity contribution in [1.82, 2.24) is 4.90 Å². The molecule has 0 bridgehead atoms. The first-order chi connectivity index (χ1) is 16.1. The predicted molar refractivity (Wildman–Crippen MR) is 138 cm³/mol. The first kappa shape index (κ1) is 24.8. The molecule has 0 radical (unpaired) electrons. The Hall–Kier alpha value is -2.83. The van der Waals surface area contributed by atoms with Crippen LogP contribution < -0.4 is 14.2 Å². The minimum Gasteiger partial charge on any atom is -0.497 e. The van der Waals surface area contributed by atoms with E-state index < -0.39 is 0 Å². The highest BCUT2D eigenvalue weighted by Crippen LogP contribution is 2.31. The average Bonchev–Trinajstić information content (AvgIpc) is 2.85. The van der Waals surface area contributed by atoms with Crippen LogP contribution in [0.25, 0.3) is 0 Å². The number of rotatable bonds is 9. The third-order valence-electron chi connectivity index (χ3n) is 4.98. The third-order valence-corrected chi connectivity index (χ3v) is 6.19. The maximum Gasteiger partial charge on any atom is 0.165 e. The Kier molecular flexibility index (Phi) is 9.34. The molecule has 0 spiro atoms. The Morgan fingerprint density at radius 2 is 1.27 bits per heavy atom. The molecule has 0 N–H and O–H groups in total. The van der Waals surface area contributed by atoms with E-state index in [-0.39, 0.29) is 0 Å². The van der Waals surface area contributed by atoms with E-state index in [9.17, 15) is 0 Å². The van der Waals surface area contributed by atoms with Crippen molar-refractivity contribution in [3.8, 4) is 17.2 Å². The number of methoxy groups -OCH3 is 3. The second kappa shape index (κ2) is 12.4. The molecule has 0 aliphatic carbocycles. The van der Waals surface area contributed by atoms with E-state index in [0.717, 1.165) is 39.3 Å². The van der Waals surface area contributed by atoms with Crippen molar-refractivity contribution >= 4 is 34.2 Å². The van der Waals surface area contributed by atoms with Crippen molar-refractivity contribution in [3.05, 3.63) is 82.9 Å². The van der Waals surface area contributed by atoms with E-state index in [1.807, 2.05) is 42.5 Å². The minimum atomic E-state index is 0.582. The molecule has 0 amide bonds. The summed E-state index contributed by atoms with van der Waals surface area (Å²) in [5, 5.41) is 1.47. The van der Waals surface area contributed by atoms with E-state index in [4.69, 9.17) is 30.8 Å². The highest BCUT2D eigenvalue weighted by atomic mass is 35.5. The molecule has 0 saturated heterocycles. The van der Waals surface area contributed by atoms with Crippen molar-refractivity contribution in [2.24, 2.45) is 4.99 Å². The largest absolute Gasteiger partial charge is 0.497 e. The van der Waals surface area contributed by atoms with Crippen molar-refractivity contribution in [2.45, 2.75) is 20.0 Å². The summed E-state index contributed by atoms with van der Waals surface area (Å²) in [7, 11) is 4.98. The summed E-state index contributed by atoms with van der Waals surface area (Å²) < 4.78 is 16.0. The molecule has 5 nitrogen and oxygen atoms in total. The molecule has 174 valence electrons. The Morgan fingerprint density at radius 1 is 0.788 bits per heavy atom. The fourth-order valence-corrected chi connectivity index (χ4v) is 4.12. The number of amidine groups is 1. The lowest BCUT2D eigenvalue weighted by Gasteiger charge is -2.26. The van der Waals surface area contributed by atoms with Gasteiger partial charge < -0.3 is 19.1 Å². The normalized spacial score (nSPS) is 11.2. The lowest BCUT2D eigenvalue weighted by atomic mass is 10.1. The van der Waals surface area contributed by atoms with E-state index in [1.165, 1.54) is 0 Å². The molecule has 0 heterocycles. The lowest BCUT2D eigenvalue weighted by Crippen LogP contribution is -2.28. The molecule has 3 aromatic rings. The maximum absolute atomic E-state index is 6.47. The fourth-order valence-electron chi connectivity index (χ4n) is 3.23. The Bertz CT molecular complexity index is 1010. The summed E-state index contributed by atoms with van der Waals surface area (Å²) >= 11 is 8.15. The van der Waals surface area contributed by atoms with Crippen LogP contribution in [0.5, 0.6) is 17.2 Å². The van der Waals surface area contributed by atoms with Crippen LogP contribution in [0.2, 0.25) is 5.02 Å². The van der Waals surface area contributed by atoms with Crippen LogP contribution in [0.15, 0.2) is 71.7 Å². The van der Waals surface area contributed by atoms with Gasteiger partial charge in [-0.2, -0.15) is 0 Å². The van der Waals surface area contributed by atoms with E-state index >= 15 is 0 Å². The maximum atomic E-state index is 6.47. The van der Waals surface area contributed by atoms with E-state index in [1.54, 1.807) is 33.1 Å². The minimum absolute atomic E-state index is 0.582. The van der Waals surface area contributed by atoms with Gasteiger partial charge in [0.2, 0.25) is 0 Å². The number of benzene rings is 3. The van der Waals surface area contributed by atoms with Crippen LogP contribution in [0.3, 0.4) is 0 Å². The van der Waals surface area contributed by atoms with Crippen molar-refractivity contribution in [1.29, 1.82) is 0 Å². The first-order valence-electron chi connectivity index (χ1n) is 10.6. The molecule has 3 aromatic carbocycles. The summed E-state index contributed by atoms with van der Waals surface area (Å²) in [6.45, 7) is 3.49. The number of hydrogen-bond donors (Lipinski definition) is 0. The van der Waals surface area contributed by atoms with Gasteiger partial charge in [0.15, 0.2) is 5.17 Å². The number of halogens is 1. The van der Waals surface area contributed by atoms with Gasteiger partial charge in [-0.15, -0.1) is 0 Å². The number of thioether (sulfide) groups is 1. The molecule has 0 aliphatic rings. The van der Waals surface area contributed by atoms with Crippen LogP contribution >= 0.6 is 23.4 Å². The van der Waals surface area contributed by atoms with Crippen molar-refractivity contribution < 1.29 is 14.2 Å². The van der Waals surface area contributed by atoms with E-state index in [2.05, 4.69) is 36.1 Å². The van der Waals surface area contributed by atoms with E-state index in [0.29, 0.717) is 23.8 Å². The highest BCUT2D eigenvalue weighted by molar-refractivity contribution is 8.13. The molecule has 0 aliphatic heterocycles. The van der Waals surface area contributed by atoms with Crippen LogP contribution in [0, 0.1) is 0 Å². The van der Waals surface area contributed by atoms with Crippen LogP contribution in [0.1, 0.15) is 18.1 Å². The second-order valence-corrected chi connectivity index (χ2v) is 8.84. The van der Waals surface area contributed by atoms with Gasteiger partial charge in [0, 0.05) is 19.2 Å². The standard InChI is InChI=1S/C26H29ClN2O3S/c1-5-33-26(28-25-16-23(32-4)14-15-24(25)27)29(17-19-6-10-21(30-2)11-7-19)18-20-8-12-22(31-3)13-9-20/h6-16H,5,17-18H2,1-4H3.